The molecule has 6 aromatic carbocycles. The molecule has 0 radical (unpaired) electrons. The number of fused-ring (bicyclic) bond motifs is 9. The van der Waals surface area contributed by atoms with E-state index in [4.69, 9.17) is 21.8 Å². The van der Waals surface area contributed by atoms with E-state index in [1.54, 1.807) is 20.8 Å². The summed E-state index contributed by atoms with van der Waals surface area (Å²) >= 11 is 1.80. The van der Waals surface area contributed by atoms with Crippen molar-refractivity contribution in [2.45, 2.75) is 64.6 Å². The Balaban J connectivity index is 1.37. The topological polar surface area (TPSA) is 21.7 Å². The molecule has 0 unspecified atom stereocenters. The lowest BCUT2D eigenvalue weighted by Gasteiger charge is -2.39. The summed E-state index contributed by atoms with van der Waals surface area (Å²) < 4.78 is 236. The van der Waals surface area contributed by atoms with Gasteiger partial charge >= 0.3 is 0 Å². The minimum absolute atomic E-state index is 0.0143. The van der Waals surface area contributed by atoms with Crippen LogP contribution in [0, 0.1) is 6.85 Å². The molecular formula is C51H44BNO2S2. The van der Waals surface area contributed by atoms with Crippen LogP contribution in [0.4, 0.5) is 17.1 Å². The summed E-state index contributed by atoms with van der Waals surface area (Å²) in [6, 6.07) is -15.4. The van der Waals surface area contributed by atoms with E-state index in [0.29, 0.717) is 4.88 Å². The Morgan fingerprint density at radius 2 is 1.44 bits per heavy atom. The molecule has 0 spiro atoms. The van der Waals surface area contributed by atoms with Crippen molar-refractivity contribution in [3.63, 3.8) is 0 Å². The fraction of sp³-hybridized carbons (Fsp3) is 0.216. The molecule has 8 aromatic rings. The number of hydrogen-bond acceptors (Lipinski definition) is 5. The fourth-order valence-electron chi connectivity index (χ4n) is 7.74. The maximum atomic E-state index is 10.5. The molecule has 2 aromatic heterocycles. The Labute approximate surface area is 377 Å². The third-order valence-corrected chi connectivity index (χ3v) is 13.0. The molecule has 11 rings (SSSR count). The molecule has 0 N–H and O–H groups in total. The number of benzene rings is 6. The maximum Gasteiger partial charge on any atom is 0.257 e. The van der Waals surface area contributed by atoms with Crippen molar-refractivity contribution in [2.75, 3.05) is 11.5 Å². The largest absolute Gasteiger partial charge is 0.490 e. The van der Waals surface area contributed by atoms with Crippen molar-refractivity contribution in [1.82, 2.24) is 0 Å². The van der Waals surface area contributed by atoms with Crippen molar-refractivity contribution >= 4 is 83.0 Å². The van der Waals surface area contributed by atoms with Crippen LogP contribution >= 0.6 is 22.7 Å². The Bertz CT molecular complexity index is 4110. The highest BCUT2D eigenvalue weighted by atomic mass is 32.1. The SMILES string of the molecule is [2H]c1c([2H])c([2H])c(C2(c3c([2H])c([2H])c([2H])c([2H])c3[2H])COc3c2c([2H])c([2H])c2c3sc3c([2H])c4c(c([2H])c32)N(c2c([2H])c([2H])c(C(C)(C)C)c([2H])c2[2H])c2c([2H])c(C([2H])([2H])[2H])c([2H])c3c2B4c2c(sc(C(C)(C)C)c2[2H])O3)c([2H])c1[2H]. The number of anilines is 3. The van der Waals surface area contributed by atoms with Crippen molar-refractivity contribution in [1.29, 1.82) is 0 Å². The van der Waals surface area contributed by atoms with Gasteiger partial charge in [0.25, 0.3) is 6.71 Å². The second kappa shape index (κ2) is 12.1. The number of nitrogens with zero attached hydrogens (tertiary/aromatic N) is 1. The predicted molar refractivity (Wildman–Crippen MR) is 243 cm³/mol. The van der Waals surface area contributed by atoms with Crippen LogP contribution in [0.5, 0.6) is 16.6 Å². The van der Waals surface area contributed by atoms with E-state index in [9.17, 15) is 20.6 Å². The van der Waals surface area contributed by atoms with Crippen LogP contribution in [0.15, 0.2) is 127 Å². The summed E-state index contributed by atoms with van der Waals surface area (Å²) in [7, 11) is 0. The molecule has 0 fully saturated rings. The first-order valence-corrected chi connectivity index (χ1v) is 19.7. The Morgan fingerprint density at radius 3 is 2.11 bits per heavy atom. The van der Waals surface area contributed by atoms with Crippen LogP contribution < -0.4 is 30.8 Å². The smallest absolute Gasteiger partial charge is 0.257 e. The minimum atomic E-state index is -3.22. The molecule has 0 amide bonds. The van der Waals surface area contributed by atoms with Gasteiger partial charge in [-0.15, -0.1) is 22.7 Å². The zero-order valence-corrected chi connectivity index (χ0v) is 33.0. The standard InChI is InChI=1S/C51H44BNO2S2/c1-30-24-41-45-42(25-30)55-48-39(28-44(57-48)50(5,6)7)52(45)38-27-43-36(26-40(38)53(41)34-20-18-31(19-21-34)49(2,3)4)35-22-23-37-46(47(35)56-43)54-29-51(37,32-14-10-8-11-15-32)33-16-12-9-13-17-33/h8-28H,29H2,1-7H3/i1D3,8D,9D,10D,11D,12D,13D,14D,15D,16D,17D,18D,19D,20D,21D,22D,23D,24D,25D,26D,27D,28D. The quantitative estimate of drug-likeness (QED) is 0.166. The van der Waals surface area contributed by atoms with E-state index in [2.05, 4.69) is 0 Å². The van der Waals surface area contributed by atoms with Gasteiger partial charge in [0.2, 0.25) is 0 Å². The molecule has 0 bridgehead atoms. The van der Waals surface area contributed by atoms with Gasteiger partial charge in [0, 0.05) is 47.1 Å². The lowest BCUT2D eigenvalue weighted by Crippen LogP contribution is -2.59. The van der Waals surface area contributed by atoms with Crippen molar-refractivity contribution < 1.29 is 42.4 Å². The third kappa shape index (κ3) is 5.09. The summed E-state index contributed by atoms with van der Waals surface area (Å²) in [5, 5.41) is -0.463. The van der Waals surface area contributed by atoms with E-state index in [-0.39, 0.29) is 59.0 Å². The Kier molecular flexibility index (Phi) is 3.85. The van der Waals surface area contributed by atoms with E-state index in [1.807, 2.05) is 20.8 Å². The first kappa shape index (κ1) is 18.1. The predicted octanol–water partition coefficient (Wildman–Crippen LogP) is 12.2. The monoisotopic (exact) mass is 801 g/mol. The van der Waals surface area contributed by atoms with Gasteiger partial charge in [-0.05, 0) is 98.6 Å². The van der Waals surface area contributed by atoms with E-state index in [0.717, 1.165) is 27.6 Å². The van der Waals surface area contributed by atoms with E-state index in [1.165, 1.54) is 0 Å². The molecule has 6 heteroatoms. The highest BCUT2D eigenvalue weighted by Gasteiger charge is 2.46. The molecule has 5 heterocycles. The summed E-state index contributed by atoms with van der Waals surface area (Å²) in [5.41, 5.74) is -8.45. The summed E-state index contributed by atoms with van der Waals surface area (Å²) in [6.07, 6.45) is 0. The second-order valence-corrected chi connectivity index (χ2v) is 18.2. The zero-order valence-electron chi connectivity index (χ0n) is 55.4. The number of thiophene rings is 2. The van der Waals surface area contributed by atoms with Crippen molar-refractivity contribution in [3.05, 3.63) is 160 Å². The number of hydrogen-bond donors (Lipinski definition) is 0. The lowest BCUT2D eigenvalue weighted by atomic mass is 9.34. The van der Waals surface area contributed by atoms with Crippen LogP contribution in [-0.4, -0.2) is 13.3 Å². The molecule has 57 heavy (non-hydrogen) atoms. The van der Waals surface area contributed by atoms with Gasteiger partial charge in [-0.1, -0.05) is 126 Å². The molecule has 280 valence electrons. The van der Waals surface area contributed by atoms with Gasteiger partial charge in [-0.3, -0.25) is 0 Å². The van der Waals surface area contributed by atoms with Gasteiger partial charge in [-0.25, -0.2) is 0 Å². The van der Waals surface area contributed by atoms with Gasteiger partial charge in [0.1, 0.15) is 18.1 Å². The Morgan fingerprint density at radius 1 is 0.719 bits per heavy atom. The normalized spacial score (nSPS) is 21.4. The van der Waals surface area contributed by atoms with E-state index >= 15 is 0 Å². The summed E-state index contributed by atoms with van der Waals surface area (Å²) in [4.78, 5) is 1.47. The molecule has 0 saturated heterocycles. The molecule has 0 saturated carbocycles. The first-order valence-electron chi connectivity index (χ1n) is 30.1. The molecule has 0 atom stereocenters. The summed E-state index contributed by atoms with van der Waals surface area (Å²) in [6.45, 7) is 5.03. The average molecular weight is 802 g/mol. The fourth-order valence-corrected chi connectivity index (χ4v) is 9.92. The van der Waals surface area contributed by atoms with Crippen LogP contribution in [0.3, 0.4) is 0 Å². The minimum Gasteiger partial charge on any atom is -0.490 e. The second-order valence-electron chi connectivity index (χ2n) is 16.2. The average Bonchev–Trinajstić information content (AvgIpc) is 2.95. The third-order valence-electron chi connectivity index (χ3n) is 10.5. The van der Waals surface area contributed by atoms with Crippen LogP contribution in [0.2, 0.25) is 0 Å². The van der Waals surface area contributed by atoms with Crippen molar-refractivity contribution in [3.8, 4) is 16.6 Å². The maximum absolute atomic E-state index is 10.5. The first-order chi connectivity index (χ1) is 37.4. The van der Waals surface area contributed by atoms with Crippen LogP contribution in [0.1, 0.15) is 107 Å². The lowest BCUT2D eigenvalue weighted by molar-refractivity contribution is 0.316. The van der Waals surface area contributed by atoms with Gasteiger partial charge < -0.3 is 14.4 Å². The zero-order chi connectivity index (χ0) is 59.8. The van der Waals surface area contributed by atoms with Crippen LogP contribution in [-0.2, 0) is 16.2 Å². The van der Waals surface area contributed by atoms with Gasteiger partial charge in [0.15, 0.2) is 5.06 Å². The van der Waals surface area contributed by atoms with Gasteiger partial charge in [0.05, 0.1) is 38.9 Å². The molecular weight excluding hydrogens is 734 g/mol. The summed E-state index contributed by atoms with van der Waals surface area (Å²) in [5.74, 6) is -0.729. The van der Waals surface area contributed by atoms with E-state index < -0.39 is 202 Å². The highest BCUT2D eigenvalue weighted by molar-refractivity contribution is 7.26. The molecule has 0 aliphatic carbocycles. The number of rotatable bonds is 3. The Hall–Kier alpha value is -5.30. The highest BCUT2D eigenvalue weighted by Crippen LogP contribution is 2.54. The molecule has 3 aliphatic rings. The number of ether oxygens (including phenoxy) is 2. The molecule has 3 aliphatic heterocycles. The molecule has 3 nitrogen and oxygen atoms in total. The van der Waals surface area contributed by atoms with Crippen molar-refractivity contribution in [2.24, 2.45) is 0 Å². The van der Waals surface area contributed by atoms with Gasteiger partial charge in [-0.2, -0.15) is 0 Å². The van der Waals surface area contributed by atoms with Crippen LogP contribution in [0.25, 0.3) is 20.2 Å².